The van der Waals surface area contributed by atoms with Crippen LogP contribution in [-0.4, -0.2) is 37.8 Å². The minimum absolute atomic E-state index is 0.190. The van der Waals surface area contributed by atoms with Gasteiger partial charge in [-0.25, -0.2) is 12.8 Å². The van der Waals surface area contributed by atoms with Crippen LogP contribution in [0.15, 0.2) is 23.1 Å². The summed E-state index contributed by atoms with van der Waals surface area (Å²) in [6.07, 6.45) is 1.42. The minimum atomic E-state index is -3.91. The van der Waals surface area contributed by atoms with Gasteiger partial charge in [0.05, 0.1) is 0 Å². The van der Waals surface area contributed by atoms with Gasteiger partial charge in [-0.05, 0) is 31.0 Å². The van der Waals surface area contributed by atoms with Crippen molar-refractivity contribution < 1.29 is 17.6 Å². The van der Waals surface area contributed by atoms with Crippen molar-refractivity contribution in [1.82, 2.24) is 4.31 Å². The van der Waals surface area contributed by atoms with E-state index in [-0.39, 0.29) is 24.2 Å². The topological polar surface area (TPSA) is 92.5 Å². The second kappa shape index (κ2) is 6.08. The molecule has 1 atom stereocenters. The van der Waals surface area contributed by atoms with E-state index in [9.17, 15) is 17.6 Å². The molecular formula is C13H18FN3O3S. The number of halogens is 1. The van der Waals surface area contributed by atoms with E-state index in [1.54, 1.807) is 0 Å². The van der Waals surface area contributed by atoms with Gasteiger partial charge in [0.2, 0.25) is 15.9 Å². The Kier molecular flexibility index (Phi) is 4.60. The van der Waals surface area contributed by atoms with E-state index in [1.165, 1.54) is 17.3 Å². The van der Waals surface area contributed by atoms with Gasteiger partial charge in [0.15, 0.2) is 0 Å². The normalized spacial score (nSPS) is 20.2. The number of nitrogens with one attached hydrogen (secondary N) is 1. The molecule has 1 heterocycles. The Balaban J connectivity index is 2.29. The van der Waals surface area contributed by atoms with Crippen molar-refractivity contribution in [2.45, 2.75) is 30.7 Å². The molecule has 2 rings (SSSR count). The van der Waals surface area contributed by atoms with Crippen LogP contribution >= 0.6 is 0 Å². The van der Waals surface area contributed by atoms with Crippen LogP contribution in [0.5, 0.6) is 0 Å². The lowest BCUT2D eigenvalue weighted by Gasteiger charge is -2.30. The molecule has 0 bridgehead atoms. The van der Waals surface area contributed by atoms with Crippen LogP contribution in [0.25, 0.3) is 0 Å². The quantitative estimate of drug-likeness (QED) is 0.866. The number of piperidine rings is 1. The summed E-state index contributed by atoms with van der Waals surface area (Å²) in [4.78, 5) is 10.5. The van der Waals surface area contributed by atoms with Crippen LogP contribution in [0.3, 0.4) is 0 Å². The molecule has 1 aromatic rings. The molecule has 1 fully saturated rings. The third-order valence-electron chi connectivity index (χ3n) is 3.29. The fourth-order valence-corrected chi connectivity index (χ4v) is 3.90. The summed E-state index contributed by atoms with van der Waals surface area (Å²) in [6, 6.07) is 3.30. The first kappa shape index (κ1) is 15.9. The highest BCUT2D eigenvalue weighted by atomic mass is 32.2. The number of rotatable bonds is 3. The van der Waals surface area contributed by atoms with Gasteiger partial charge in [-0.3, -0.25) is 4.79 Å². The zero-order chi connectivity index (χ0) is 15.6. The van der Waals surface area contributed by atoms with E-state index in [2.05, 4.69) is 5.32 Å². The maximum Gasteiger partial charge on any atom is 0.246 e. The molecular weight excluding hydrogens is 297 g/mol. The van der Waals surface area contributed by atoms with Crippen molar-refractivity contribution in [2.24, 2.45) is 5.73 Å². The monoisotopic (exact) mass is 315 g/mol. The van der Waals surface area contributed by atoms with Gasteiger partial charge in [0.1, 0.15) is 10.7 Å². The van der Waals surface area contributed by atoms with Gasteiger partial charge >= 0.3 is 0 Å². The number of sulfonamides is 1. The highest BCUT2D eigenvalue weighted by Crippen LogP contribution is 2.24. The Hall–Kier alpha value is -1.51. The van der Waals surface area contributed by atoms with Crippen molar-refractivity contribution in [2.75, 3.05) is 18.4 Å². The molecule has 0 saturated carbocycles. The maximum atomic E-state index is 14.1. The number of anilines is 1. The van der Waals surface area contributed by atoms with E-state index in [0.29, 0.717) is 13.0 Å². The molecule has 21 heavy (non-hydrogen) atoms. The van der Waals surface area contributed by atoms with Gasteiger partial charge in [0.25, 0.3) is 0 Å². The Morgan fingerprint density at radius 1 is 1.48 bits per heavy atom. The molecule has 6 nitrogen and oxygen atoms in total. The van der Waals surface area contributed by atoms with Crippen LogP contribution in [0.4, 0.5) is 10.1 Å². The lowest BCUT2D eigenvalue weighted by molar-refractivity contribution is -0.114. The zero-order valence-electron chi connectivity index (χ0n) is 11.7. The van der Waals surface area contributed by atoms with E-state index >= 15 is 0 Å². The summed E-state index contributed by atoms with van der Waals surface area (Å²) in [6.45, 7) is 1.82. The average molecular weight is 315 g/mol. The summed E-state index contributed by atoms with van der Waals surface area (Å²) in [5, 5.41) is 2.40. The van der Waals surface area contributed by atoms with Crippen LogP contribution in [-0.2, 0) is 14.8 Å². The molecule has 1 aliphatic rings. The van der Waals surface area contributed by atoms with Gasteiger partial charge in [-0.1, -0.05) is 0 Å². The Morgan fingerprint density at radius 2 is 2.19 bits per heavy atom. The predicted octanol–water partition coefficient (Wildman–Crippen LogP) is 0.896. The molecule has 0 radical (unpaired) electrons. The molecule has 0 unspecified atom stereocenters. The molecule has 3 N–H and O–H groups in total. The first-order valence-electron chi connectivity index (χ1n) is 6.63. The Bertz CT molecular complexity index is 648. The van der Waals surface area contributed by atoms with Gasteiger partial charge in [-0.2, -0.15) is 4.31 Å². The number of hydrogen-bond donors (Lipinski definition) is 2. The smallest absolute Gasteiger partial charge is 0.246 e. The van der Waals surface area contributed by atoms with Crippen molar-refractivity contribution in [1.29, 1.82) is 0 Å². The molecule has 1 aromatic carbocycles. The molecule has 1 saturated heterocycles. The SMILES string of the molecule is CC(=O)Nc1ccc(S(=O)(=O)N2CCC[C@@H](N)C2)c(F)c1. The summed E-state index contributed by atoms with van der Waals surface area (Å²) >= 11 is 0. The van der Waals surface area contributed by atoms with Crippen LogP contribution in [0.2, 0.25) is 0 Å². The molecule has 0 spiro atoms. The Morgan fingerprint density at radius 3 is 2.76 bits per heavy atom. The highest BCUT2D eigenvalue weighted by Gasteiger charge is 2.31. The van der Waals surface area contributed by atoms with Gasteiger partial charge < -0.3 is 11.1 Å². The minimum Gasteiger partial charge on any atom is -0.327 e. The molecule has 1 amide bonds. The Labute approximate surface area is 123 Å². The summed E-state index contributed by atoms with van der Waals surface area (Å²) in [5.74, 6) is -1.24. The van der Waals surface area contributed by atoms with Crippen molar-refractivity contribution >= 4 is 21.6 Å². The van der Waals surface area contributed by atoms with Crippen LogP contribution in [0.1, 0.15) is 19.8 Å². The molecule has 116 valence electrons. The zero-order valence-corrected chi connectivity index (χ0v) is 12.5. The predicted molar refractivity (Wildman–Crippen MR) is 76.7 cm³/mol. The van der Waals surface area contributed by atoms with Crippen LogP contribution in [0, 0.1) is 5.82 Å². The van der Waals surface area contributed by atoms with Crippen molar-refractivity contribution in [3.05, 3.63) is 24.0 Å². The van der Waals surface area contributed by atoms with E-state index < -0.39 is 20.7 Å². The number of nitrogens with two attached hydrogens (primary N) is 1. The lowest BCUT2D eigenvalue weighted by Crippen LogP contribution is -2.45. The van der Waals surface area contributed by atoms with E-state index in [4.69, 9.17) is 5.73 Å². The fraction of sp³-hybridized carbons (Fsp3) is 0.462. The summed E-state index contributed by atoms with van der Waals surface area (Å²) in [7, 11) is -3.91. The van der Waals surface area contributed by atoms with Crippen molar-refractivity contribution in [3.63, 3.8) is 0 Å². The first-order valence-corrected chi connectivity index (χ1v) is 8.07. The van der Waals surface area contributed by atoms with E-state index in [1.807, 2.05) is 0 Å². The first-order chi connectivity index (χ1) is 9.80. The summed E-state index contributed by atoms with van der Waals surface area (Å²) < 4.78 is 40.1. The van der Waals surface area contributed by atoms with Gasteiger partial charge in [0, 0.05) is 31.7 Å². The second-order valence-electron chi connectivity index (χ2n) is 5.09. The third-order valence-corrected chi connectivity index (χ3v) is 5.19. The third kappa shape index (κ3) is 3.58. The largest absolute Gasteiger partial charge is 0.327 e. The second-order valence-corrected chi connectivity index (χ2v) is 7.00. The standard InChI is InChI=1S/C13H18FN3O3S/c1-9(18)16-11-4-5-13(12(14)7-11)21(19,20)17-6-2-3-10(15)8-17/h4-5,7,10H,2-3,6,8,15H2,1H3,(H,16,18)/t10-/m1/s1. The number of nitrogens with zero attached hydrogens (tertiary/aromatic N) is 1. The highest BCUT2D eigenvalue weighted by molar-refractivity contribution is 7.89. The maximum absolute atomic E-state index is 14.1. The number of amides is 1. The lowest BCUT2D eigenvalue weighted by atomic mass is 10.1. The molecule has 0 aromatic heterocycles. The van der Waals surface area contributed by atoms with Crippen LogP contribution < -0.4 is 11.1 Å². The number of benzene rings is 1. The van der Waals surface area contributed by atoms with E-state index in [0.717, 1.165) is 18.6 Å². The molecule has 0 aliphatic carbocycles. The molecule has 1 aliphatic heterocycles. The number of hydrogen-bond acceptors (Lipinski definition) is 4. The number of carbonyl (C=O) groups excluding carboxylic acids is 1. The number of carbonyl (C=O) groups is 1. The average Bonchev–Trinajstić information content (AvgIpc) is 2.37. The van der Waals surface area contributed by atoms with Crippen molar-refractivity contribution in [3.8, 4) is 0 Å². The summed E-state index contributed by atoms with van der Waals surface area (Å²) in [5.41, 5.74) is 5.99. The molecule has 8 heteroatoms. The fourth-order valence-electron chi connectivity index (χ4n) is 2.32. The van der Waals surface area contributed by atoms with Gasteiger partial charge in [-0.15, -0.1) is 0 Å².